The van der Waals surface area contributed by atoms with Gasteiger partial charge in [0.25, 0.3) is 5.56 Å². The van der Waals surface area contributed by atoms with Crippen molar-refractivity contribution in [2.75, 3.05) is 6.61 Å². The van der Waals surface area contributed by atoms with Gasteiger partial charge in [0, 0.05) is 23.6 Å². The maximum absolute atomic E-state index is 13.5. The molecule has 0 saturated heterocycles. The first-order valence-corrected chi connectivity index (χ1v) is 9.98. The third-order valence-corrected chi connectivity index (χ3v) is 5.18. The Bertz CT molecular complexity index is 1520. The number of carbonyl (C=O) groups is 1. The van der Waals surface area contributed by atoms with Gasteiger partial charge in [-0.25, -0.2) is 23.6 Å². The molecule has 5 aromatic rings. The molecule has 0 radical (unpaired) electrons. The van der Waals surface area contributed by atoms with Crippen molar-refractivity contribution < 1.29 is 13.9 Å². The van der Waals surface area contributed by atoms with E-state index < -0.39 is 11.5 Å². The van der Waals surface area contributed by atoms with Gasteiger partial charge in [0.15, 0.2) is 11.3 Å². The zero-order valence-corrected chi connectivity index (χ0v) is 17.0. The number of fused-ring (bicyclic) bond motifs is 3. The van der Waals surface area contributed by atoms with E-state index in [2.05, 4.69) is 9.97 Å². The van der Waals surface area contributed by atoms with E-state index in [-0.39, 0.29) is 18.0 Å². The number of aromatic nitrogens is 4. The first-order chi connectivity index (χ1) is 15.6. The monoisotopic (exact) mass is 428 g/mol. The van der Waals surface area contributed by atoms with Crippen molar-refractivity contribution in [3.63, 3.8) is 0 Å². The standard InChI is InChI=1S/C24H17FN4O3/c1-2-32-24(31)18-12-26-21-20-19(15-6-4-3-5-7-15)13-28(17-10-8-16(25)9-11-17)22(20)27-14-29(21)23(18)30/h3-14H,2H2,1H3. The third kappa shape index (κ3) is 3.13. The molecule has 0 amide bonds. The van der Waals surface area contributed by atoms with Crippen LogP contribution in [0.15, 0.2) is 78.1 Å². The molecule has 0 N–H and O–H groups in total. The zero-order valence-electron chi connectivity index (χ0n) is 17.0. The summed E-state index contributed by atoms with van der Waals surface area (Å²) in [5, 5.41) is 0.635. The fourth-order valence-electron chi connectivity index (χ4n) is 3.70. The quantitative estimate of drug-likeness (QED) is 0.404. The van der Waals surface area contributed by atoms with Crippen LogP contribution < -0.4 is 5.56 Å². The van der Waals surface area contributed by atoms with Crippen LogP contribution in [0.2, 0.25) is 0 Å². The zero-order chi connectivity index (χ0) is 22.2. The molecule has 0 spiro atoms. The number of halogens is 1. The Labute approximate surface area is 181 Å². The molecule has 0 fully saturated rings. The van der Waals surface area contributed by atoms with Gasteiger partial charge in [-0.3, -0.25) is 4.79 Å². The molecule has 3 aromatic heterocycles. The van der Waals surface area contributed by atoms with Crippen molar-refractivity contribution in [2.45, 2.75) is 6.92 Å². The predicted octanol–water partition coefficient (Wildman–Crippen LogP) is 4.02. The highest BCUT2D eigenvalue weighted by Gasteiger charge is 2.20. The molecule has 158 valence electrons. The van der Waals surface area contributed by atoms with Gasteiger partial charge in [-0.2, -0.15) is 0 Å². The van der Waals surface area contributed by atoms with Crippen LogP contribution in [0.1, 0.15) is 17.3 Å². The topological polar surface area (TPSA) is 78.5 Å². The maximum atomic E-state index is 13.5. The van der Waals surface area contributed by atoms with Crippen LogP contribution in [-0.2, 0) is 4.74 Å². The molecule has 5 rings (SSSR count). The van der Waals surface area contributed by atoms with Gasteiger partial charge in [0.1, 0.15) is 17.7 Å². The second kappa shape index (κ2) is 7.73. The summed E-state index contributed by atoms with van der Waals surface area (Å²) in [4.78, 5) is 34.1. The summed E-state index contributed by atoms with van der Waals surface area (Å²) in [7, 11) is 0. The maximum Gasteiger partial charge on any atom is 0.345 e. The second-order valence-corrected chi connectivity index (χ2v) is 7.09. The van der Waals surface area contributed by atoms with Crippen LogP contribution >= 0.6 is 0 Å². The minimum atomic E-state index is -0.730. The normalized spacial score (nSPS) is 11.2. The van der Waals surface area contributed by atoms with E-state index in [4.69, 9.17) is 4.74 Å². The first-order valence-electron chi connectivity index (χ1n) is 9.98. The minimum absolute atomic E-state index is 0.150. The molecule has 0 aliphatic rings. The second-order valence-electron chi connectivity index (χ2n) is 7.09. The number of esters is 1. The summed E-state index contributed by atoms with van der Waals surface area (Å²) >= 11 is 0. The molecule has 0 saturated carbocycles. The van der Waals surface area contributed by atoms with Crippen molar-refractivity contribution in [2.24, 2.45) is 0 Å². The largest absolute Gasteiger partial charge is 0.462 e. The van der Waals surface area contributed by atoms with Crippen molar-refractivity contribution in [3.8, 4) is 16.8 Å². The first kappa shape index (κ1) is 19.6. The average Bonchev–Trinajstić information content (AvgIpc) is 3.21. The number of hydrogen-bond donors (Lipinski definition) is 0. The molecular weight excluding hydrogens is 411 g/mol. The summed E-state index contributed by atoms with van der Waals surface area (Å²) in [6, 6.07) is 15.7. The van der Waals surface area contributed by atoms with Crippen LogP contribution in [0.3, 0.4) is 0 Å². The minimum Gasteiger partial charge on any atom is -0.462 e. The molecule has 0 atom stereocenters. The number of ether oxygens (including phenoxy) is 1. The van der Waals surface area contributed by atoms with Gasteiger partial charge in [0.2, 0.25) is 0 Å². The Hall–Kier alpha value is -4.33. The molecule has 0 aliphatic carbocycles. The number of rotatable bonds is 4. The van der Waals surface area contributed by atoms with Crippen molar-refractivity contribution in [3.05, 3.63) is 95.1 Å². The molecular formula is C24H17FN4O3. The van der Waals surface area contributed by atoms with Gasteiger partial charge in [-0.1, -0.05) is 30.3 Å². The number of benzene rings is 2. The van der Waals surface area contributed by atoms with Gasteiger partial charge < -0.3 is 9.30 Å². The molecule has 8 heteroatoms. The number of hydrogen-bond acceptors (Lipinski definition) is 5. The fraction of sp³-hybridized carbons (Fsp3) is 0.0833. The summed E-state index contributed by atoms with van der Waals surface area (Å²) in [6.07, 6.45) is 4.45. The van der Waals surface area contributed by atoms with Crippen molar-refractivity contribution in [1.29, 1.82) is 0 Å². The Kier molecular flexibility index (Phi) is 4.74. The van der Waals surface area contributed by atoms with Crippen LogP contribution in [0.4, 0.5) is 4.39 Å². The average molecular weight is 428 g/mol. The number of carbonyl (C=O) groups excluding carboxylic acids is 1. The fourth-order valence-corrected chi connectivity index (χ4v) is 3.70. The predicted molar refractivity (Wildman–Crippen MR) is 117 cm³/mol. The number of nitrogens with zero attached hydrogens (tertiary/aromatic N) is 4. The van der Waals surface area contributed by atoms with Gasteiger partial charge in [0.05, 0.1) is 12.0 Å². The SMILES string of the molecule is CCOC(=O)c1cnc2c3c(-c4ccccc4)cn(-c4ccc(F)cc4)c3ncn2c1=O. The summed E-state index contributed by atoms with van der Waals surface area (Å²) in [5.41, 5.74) is 2.59. The van der Waals surface area contributed by atoms with Crippen molar-refractivity contribution >= 4 is 22.6 Å². The molecule has 0 unspecified atom stereocenters. The Balaban J connectivity index is 1.85. The van der Waals surface area contributed by atoms with Crippen LogP contribution in [0, 0.1) is 5.82 Å². The van der Waals surface area contributed by atoms with Gasteiger partial charge in [-0.15, -0.1) is 0 Å². The van der Waals surface area contributed by atoms with Gasteiger partial charge >= 0.3 is 5.97 Å². The van der Waals surface area contributed by atoms with E-state index in [0.29, 0.717) is 22.4 Å². The highest BCUT2D eigenvalue weighted by atomic mass is 19.1. The third-order valence-electron chi connectivity index (χ3n) is 5.18. The lowest BCUT2D eigenvalue weighted by molar-refractivity contribution is 0.0523. The van der Waals surface area contributed by atoms with Crippen molar-refractivity contribution in [1.82, 2.24) is 18.9 Å². The van der Waals surface area contributed by atoms with E-state index in [1.807, 2.05) is 41.1 Å². The Morgan fingerprint density at radius 3 is 2.50 bits per heavy atom. The van der Waals surface area contributed by atoms with E-state index in [9.17, 15) is 14.0 Å². The lowest BCUT2D eigenvalue weighted by Gasteiger charge is -2.07. The highest BCUT2D eigenvalue weighted by molar-refractivity contribution is 6.04. The molecule has 32 heavy (non-hydrogen) atoms. The molecule has 3 heterocycles. The molecule has 7 nitrogen and oxygen atoms in total. The van der Waals surface area contributed by atoms with Crippen LogP contribution in [0.5, 0.6) is 0 Å². The Morgan fingerprint density at radius 2 is 1.78 bits per heavy atom. The summed E-state index contributed by atoms with van der Waals surface area (Å²) < 4.78 is 21.5. The lowest BCUT2D eigenvalue weighted by Crippen LogP contribution is -2.24. The van der Waals surface area contributed by atoms with Crippen LogP contribution in [0.25, 0.3) is 33.5 Å². The van der Waals surface area contributed by atoms with E-state index in [0.717, 1.165) is 11.1 Å². The van der Waals surface area contributed by atoms with E-state index >= 15 is 0 Å². The van der Waals surface area contributed by atoms with Crippen LogP contribution in [-0.4, -0.2) is 31.5 Å². The summed E-state index contributed by atoms with van der Waals surface area (Å²) in [5.74, 6) is -1.07. The smallest absolute Gasteiger partial charge is 0.345 e. The highest BCUT2D eigenvalue weighted by Crippen LogP contribution is 2.33. The van der Waals surface area contributed by atoms with Gasteiger partial charge in [-0.05, 0) is 36.8 Å². The molecule has 2 aromatic carbocycles. The van der Waals surface area contributed by atoms with E-state index in [1.165, 1.54) is 29.1 Å². The molecule has 0 bridgehead atoms. The molecule has 0 aliphatic heterocycles. The van der Waals surface area contributed by atoms with E-state index in [1.54, 1.807) is 19.1 Å². The summed E-state index contributed by atoms with van der Waals surface area (Å²) in [6.45, 7) is 1.82. The lowest BCUT2D eigenvalue weighted by atomic mass is 10.1. The Morgan fingerprint density at radius 1 is 1.03 bits per heavy atom.